The Morgan fingerprint density at radius 1 is 1.45 bits per heavy atom. The van der Waals surface area contributed by atoms with Crippen molar-refractivity contribution in [2.45, 2.75) is 37.7 Å². The Morgan fingerprint density at radius 2 is 2.05 bits per heavy atom. The molecule has 112 valence electrons. The van der Waals surface area contributed by atoms with Gasteiger partial charge >= 0.3 is 0 Å². The van der Waals surface area contributed by atoms with Crippen LogP contribution in [0.2, 0.25) is 0 Å². The number of carbonyl (C=O) groups excluding carboxylic acids is 1. The Hall–Kier alpha value is -1.07. The molecule has 1 amide bonds. The van der Waals surface area contributed by atoms with Gasteiger partial charge in [-0.3, -0.25) is 4.79 Å². The van der Waals surface area contributed by atoms with E-state index in [9.17, 15) is 14.3 Å². The third-order valence-corrected chi connectivity index (χ3v) is 4.51. The number of nitrogens with one attached hydrogen (secondary N) is 1. The Morgan fingerprint density at radius 3 is 2.60 bits per heavy atom. The van der Waals surface area contributed by atoms with Gasteiger partial charge in [-0.05, 0) is 37.1 Å². The van der Waals surface area contributed by atoms with Gasteiger partial charge in [0.2, 0.25) is 5.91 Å². The number of hydrogen-bond acceptors (Lipinski definition) is 3. The molecule has 2 N–H and O–H groups in total. The van der Waals surface area contributed by atoms with Crippen molar-refractivity contribution in [3.8, 4) is 0 Å². The average Bonchev–Trinajstić information content (AvgIpc) is 2.43. The van der Waals surface area contributed by atoms with Gasteiger partial charge in [-0.25, -0.2) is 4.39 Å². The fraction of sp³-hybridized carbons (Fsp3) is 0.533. The van der Waals surface area contributed by atoms with Crippen LogP contribution in [-0.4, -0.2) is 28.9 Å². The third kappa shape index (κ3) is 5.51. The summed E-state index contributed by atoms with van der Waals surface area (Å²) >= 11 is 1.34. The number of benzene rings is 1. The normalized spacial score (nSPS) is 15.4. The second kappa shape index (κ2) is 7.64. The number of hydrogen-bond donors (Lipinski definition) is 2. The zero-order valence-corrected chi connectivity index (χ0v) is 13.0. The fourth-order valence-electron chi connectivity index (χ4n) is 1.62. The molecule has 0 saturated heterocycles. The Bertz CT molecular complexity index is 434. The molecule has 0 aliphatic heterocycles. The van der Waals surface area contributed by atoms with E-state index in [0.717, 1.165) is 11.3 Å². The van der Waals surface area contributed by atoms with E-state index in [4.69, 9.17) is 0 Å². The molecule has 2 atom stereocenters. The standard InChI is InChI=1S/C15H22FNO2S/c1-4-11(2)15(3,19)10-17-14(18)9-20-13-7-5-12(16)6-8-13/h5-8,11,19H,4,9-10H2,1-3H3,(H,17,18). The quantitative estimate of drug-likeness (QED) is 0.761. The van der Waals surface area contributed by atoms with Crippen molar-refractivity contribution in [2.24, 2.45) is 5.92 Å². The SMILES string of the molecule is CCC(C)C(C)(O)CNC(=O)CSc1ccc(F)cc1. The summed E-state index contributed by atoms with van der Waals surface area (Å²) in [7, 11) is 0. The largest absolute Gasteiger partial charge is 0.388 e. The van der Waals surface area contributed by atoms with Gasteiger partial charge < -0.3 is 10.4 Å². The molecule has 0 saturated carbocycles. The van der Waals surface area contributed by atoms with Crippen LogP contribution in [-0.2, 0) is 4.79 Å². The topological polar surface area (TPSA) is 49.3 Å². The zero-order chi connectivity index (χ0) is 15.2. The minimum atomic E-state index is -0.898. The van der Waals surface area contributed by atoms with E-state index in [2.05, 4.69) is 5.32 Å². The lowest BCUT2D eigenvalue weighted by Crippen LogP contribution is -2.45. The van der Waals surface area contributed by atoms with Crippen LogP contribution in [0.25, 0.3) is 0 Å². The highest BCUT2D eigenvalue weighted by Gasteiger charge is 2.27. The maximum Gasteiger partial charge on any atom is 0.230 e. The summed E-state index contributed by atoms with van der Waals surface area (Å²) in [6.45, 7) is 5.93. The molecule has 1 aromatic rings. The summed E-state index contributed by atoms with van der Waals surface area (Å²) < 4.78 is 12.7. The molecule has 2 unspecified atom stereocenters. The van der Waals surface area contributed by atoms with E-state index in [1.54, 1.807) is 19.1 Å². The molecule has 0 heterocycles. The van der Waals surface area contributed by atoms with E-state index in [1.807, 2.05) is 13.8 Å². The molecule has 0 aliphatic carbocycles. The van der Waals surface area contributed by atoms with Crippen molar-refractivity contribution >= 4 is 17.7 Å². The maximum absolute atomic E-state index is 12.7. The first-order valence-electron chi connectivity index (χ1n) is 6.72. The smallest absolute Gasteiger partial charge is 0.230 e. The number of halogens is 1. The van der Waals surface area contributed by atoms with Crippen molar-refractivity contribution in [1.82, 2.24) is 5.32 Å². The Labute approximate surface area is 124 Å². The summed E-state index contributed by atoms with van der Waals surface area (Å²) in [5, 5.41) is 12.9. The Kier molecular flexibility index (Phi) is 6.49. The molecule has 0 bridgehead atoms. The van der Waals surface area contributed by atoms with E-state index in [-0.39, 0.29) is 29.9 Å². The summed E-state index contributed by atoms with van der Waals surface area (Å²) in [5.41, 5.74) is -0.898. The molecule has 20 heavy (non-hydrogen) atoms. The summed E-state index contributed by atoms with van der Waals surface area (Å²) in [6.07, 6.45) is 0.854. The molecule has 0 fully saturated rings. The first-order chi connectivity index (χ1) is 9.35. The van der Waals surface area contributed by atoms with E-state index in [0.29, 0.717) is 0 Å². The summed E-state index contributed by atoms with van der Waals surface area (Å²) in [6, 6.07) is 6.02. The van der Waals surface area contributed by atoms with Crippen molar-refractivity contribution in [2.75, 3.05) is 12.3 Å². The molecule has 0 spiro atoms. The lowest BCUT2D eigenvalue weighted by Gasteiger charge is -2.29. The van der Waals surface area contributed by atoms with Crippen LogP contribution in [0, 0.1) is 11.7 Å². The lowest BCUT2D eigenvalue weighted by molar-refractivity contribution is -0.120. The van der Waals surface area contributed by atoms with Gasteiger partial charge in [-0.1, -0.05) is 20.3 Å². The minimum absolute atomic E-state index is 0.118. The molecule has 0 radical (unpaired) electrons. The van der Waals surface area contributed by atoms with E-state index < -0.39 is 5.60 Å². The van der Waals surface area contributed by atoms with Crippen molar-refractivity contribution < 1.29 is 14.3 Å². The van der Waals surface area contributed by atoms with Gasteiger partial charge in [0, 0.05) is 11.4 Å². The predicted molar refractivity (Wildman–Crippen MR) is 80.2 cm³/mol. The summed E-state index contributed by atoms with van der Waals surface area (Å²) in [4.78, 5) is 12.6. The number of rotatable bonds is 7. The molecule has 1 aromatic carbocycles. The first-order valence-corrected chi connectivity index (χ1v) is 7.71. The van der Waals surface area contributed by atoms with Crippen LogP contribution < -0.4 is 5.32 Å². The molecule has 0 aromatic heterocycles. The Balaban J connectivity index is 2.35. The highest BCUT2D eigenvalue weighted by Crippen LogP contribution is 2.20. The molecular weight excluding hydrogens is 277 g/mol. The second-order valence-corrected chi connectivity index (χ2v) is 6.23. The van der Waals surface area contributed by atoms with Crippen molar-refractivity contribution in [3.63, 3.8) is 0 Å². The zero-order valence-electron chi connectivity index (χ0n) is 12.1. The maximum atomic E-state index is 12.7. The highest BCUT2D eigenvalue weighted by molar-refractivity contribution is 8.00. The average molecular weight is 299 g/mol. The van der Waals surface area contributed by atoms with E-state index in [1.165, 1.54) is 23.9 Å². The third-order valence-electron chi connectivity index (χ3n) is 3.50. The van der Waals surface area contributed by atoms with Crippen LogP contribution in [0.5, 0.6) is 0 Å². The molecule has 3 nitrogen and oxygen atoms in total. The fourth-order valence-corrected chi connectivity index (χ4v) is 2.35. The highest BCUT2D eigenvalue weighted by atomic mass is 32.2. The molecule has 0 aliphatic rings. The van der Waals surface area contributed by atoms with E-state index >= 15 is 0 Å². The van der Waals surface area contributed by atoms with Gasteiger partial charge in [-0.2, -0.15) is 0 Å². The number of thioether (sulfide) groups is 1. The number of carbonyl (C=O) groups is 1. The van der Waals surface area contributed by atoms with Gasteiger partial charge in [-0.15, -0.1) is 11.8 Å². The first kappa shape index (κ1) is 17.0. The van der Waals surface area contributed by atoms with Crippen LogP contribution >= 0.6 is 11.8 Å². The van der Waals surface area contributed by atoms with Crippen LogP contribution in [0.3, 0.4) is 0 Å². The second-order valence-electron chi connectivity index (χ2n) is 5.19. The monoisotopic (exact) mass is 299 g/mol. The predicted octanol–water partition coefficient (Wildman–Crippen LogP) is 2.83. The van der Waals surface area contributed by atoms with Crippen LogP contribution in [0.4, 0.5) is 4.39 Å². The van der Waals surface area contributed by atoms with Crippen LogP contribution in [0.1, 0.15) is 27.2 Å². The van der Waals surface area contributed by atoms with Crippen molar-refractivity contribution in [1.29, 1.82) is 0 Å². The lowest BCUT2D eigenvalue weighted by atomic mass is 9.89. The summed E-state index contributed by atoms with van der Waals surface area (Å²) in [5.74, 6) is -0.0544. The number of amides is 1. The molecular formula is C15H22FNO2S. The van der Waals surface area contributed by atoms with Gasteiger partial charge in [0.05, 0.1) is 11.4 Å². The molecule has 1 rings (SSSR count). The minimum Gasteiger partial charge on any atom is -0.388 e. The van der Waals surface area contributed by atoms with Gasteiger partial charge in [0.25, 0.3) is 0 Å². The van der Waals surface area contributed by atoms with Crippen LogP contribution in [0.15, 0.2) is 29.2 Å². The molecule has 5 heteroatoms. The number of aliphatic hydroxyl groups is 1. The van der Waals surface area contributed by atoms with Gasteiger partial charge in [0.1, 0.15) is 5.82 Å². The van der Waals surface area contributed by atoms with Gasteiger partial charge in [0.15, 0.2) is 0 Å². The van der Waals surface area contributed by atoms with Crippen molar-refractivity contribution in [3.05, 3.63) is 30.1 Å².